The Bertz CT molecular complexity index is 1060. The lowest BCUT2D eigenvalue weighted by molar-refractivity contribution is -0.119. The molecule has 1 heterocycles. The molecule has 27 heavy (non-hydrogen) atoms. The smallest absolute Gasteiger partial charge is 0.266 e. The normalized spacial score (nSPS) is 17.2. The molecule has 0 spiro atoms. The number of ketones is 1. The summed E-state index contributed by atoms with van der Waals surface area (Å²) in [5.74, 6) is 0.828. The van der Waals surface area contributed by atoms with Gasteiger partial charge in [-0.2, -0.15) is 0 Å². The number of para-hydroxylation sites is 3. The molecule has 0 unspecified atom stereocenters. The summed E-state index contributed by atoms with van der Waals surface area (Å²) in [6.07, 6.45) is 3.39. The lowest BCUT2D eigenvalue weighted by Crippen LogP contribution is -2.26. The monoisotopic (exact) mass is 380 g/mol. The van der Waals surface area contributed by atoms with Crippen LogP contribution >= 0.6 is 11.8 Å². The van der Waals surface area contributed by atoms with Crippen LogP contribution in [0.5, 0.6) is 5.75 Å². The van der Waals surface area contributed by atoms with E-state index in [1.165, 1.54) is 11.8 Å². The summed E-state index contributed by atoms with van der Waals surface area (Å²) in [4.78, 5) is 30.4. The van der Waals surface area contributed by atoms with Gasteiger partial charge < -0.3 is 4.74 Å². The van der Waals surface area contributed by atoms with Crippen LogP contribution in [0.15, 0.2) is 58.5 Å². The van der Waals surface area contributed by atoms with Gasteiger partial charge in [0.1, 0.15) is 11.5 Å². The van der Waals surface area contributed by atoms with Gasteiger partial charge in [0.05, 0.1) is 29.0 Å². The molecule has 138 valence electrons. The third-order valence-corrected chi connectivity index (χ3v) is 6.09. The highest BCUT2D eigenvalue weighted by Gasteiger charge is 2.26. The van der Waals surface area contributed by atoms with E-state index in [0.717, 1.165) is 19.3 Å². The van der Waals surface area contributed by atoms with Crippen LogP contribution in [0, 0.1) is 0 Å². The van der Waals surface area contributed by atoms with E-state index in [4.69, 9.17) is 9.72 Å². The average Bonchev–Trinajstić information content (AvgIpc) is 2.70. The van der Waals surface area contributed by atoms with Crippen LogP contribution in [-0.2, 0) is 4.79 Å². The Morgan fingerprint density at radius 2 is 1.85 bits per heavy atom. The van der Waals surface area contributed by atoms with E-state index >= 15 is 0 Å². The SMILES string of the molecule is COc1ccccc1-n1c(S[C@H]2CCCCC2=O)nc2ccccc2c1=O. The standard InChI is InChI=1S/C21H20N2O3S/c1-26-18-12-6-4-10-16(18)23-20(25)14-8-2-3-9-15(14)22-21(23)27-19-13-7-5-11-17(19)24/h2-4,6,8-10,12,19H,5,7,11,13H2,1H3/t19-/m0/s1. The van der Waals surface area contributed by atoms with Crippen LogP contribution in [0.4, 0.5) is 0 Å². The lowest BCUT2D eigenvalue weighted by Gasteiger charge is -2.22. The second kappa shape index (κ2) is 7.56. The summed E-state index contributed by atoms with van der Waals surface area (Å²) in [5.41, 5.74) is 1.12. The van der Waals surface area contributed by atoms with Gasteiger partial charge in [0.25, 0.3) is 5.56 Å². The number of carbonyl (C=O) groups excluding carboxylic acids is 1. The minimum Gasteiger partial charge on any atom is -0.495 e. The first kappa shape index (κ1) is 17.8. The molecule has 2 aromatic carbocycles. The number of Topliss-reactive ketones (excluding diaryl/α,β-unsaturated/α-hetero) is 1. The van der Waals surface area contributed by atoms with E-state index in [2.05, 4.69) is 0 Å². The quantitative estimate of drug-likeness (QED) is 0.640. The number of hydrogen-bond donors (Lipinski definition) is 0. The molecule has 1 atom stereocenters. The molecule has 5 nitrogen and oxygen atoms in total. The van der Waals surface area contributed by atoms with Gasteiger partial charge in [0.2, 0.25) is 0 Å². The molecule has 3 aromatic rings. The van der Waals surface area contributed by atoms with Gasteiger partial charge in [0, 0.05) is 6.42 Å². The number of aromatic nitrogens is 2. The predicted molar refractivity (Wildman–Crippen MR) is 107 cm³/mol. The molecular formula is C21H20N2O3S. The highest BCUT2D eigenvalue weighted by atomic mass is 32.2. The van der Waals surface area contributed by atoms with Crippen molar-refractivity contribution < 1.29 is 9.53 Å². The number of nitrogens with zero attached hydrogens (tertiary/aromatic N) is 2. The second-order valence-corrected chi connectivity index (χ2v) is 7.71. The summed E-state index contributed by atoms with van der Waals surface area (Å²) in [6.45, 7) is 0. The highest BCUT2D eigenvalue weighted by molar-refractivity contribution is 8.00. The third kappa shape index (κ3) is 3.37. The molecule has 1 aliphatic carbocycles. The van der Waals surface area contributed by atoms with Crippen LogP contribution in [0.1, 0.15) is 25.7 Å². The fraction of sp³-hybridized carbons (Fsp3) is 0.286. The van der Waals surface area contributed by atoms with Crippen molar-refractivity contribution >= 4 is 28.4 Å². The first-order chi connectivity index (χ1) is 13.2. The number of methoxy groups -OCH3 is 1. The van der Waals surface area contributed by atoms with Crippen molar-refractivity contribution in [2.75, 3.05) is 7.11 Å². The van der Waals surface area contributed by atoms with Crippen LogP contribution < -0.4 is 10.3 Å². The van der Waals surface area contributed by atoms with E-state index in [1.807, 2.05) is 42.5 Å². The van der Waals surface area contributed by atoms with Crippen molar-refractivity contribution in [3.63, 3.8) is 0 Å². The van der Waals surface area contributed by atoms with Crippen LogP contribution in [0.25, 0.3) is 16.6 Å². The fourth-order valence-electron chi connectivity index (χ4n) is 3.42. The molecule has 0 bridgehead atoms. The molecule has 1 aromatic heterocycles. The Labute approximate surface area is 161 Å². The Morgan fingerprint density at radius 1 is 1.07 bits per heavy atom. The van der Waals surface area contributed by atoms with Crippen molar-refractivity contribution in [1.29, 1.82) is 0 Å². The number of hydrogen-bond acceptors (Lipinski definition) is 5. The number of thioether (sulfide) groups is 1. The van der Waals surface area contributed by atoms with Crippen LogP contribution in [-0.4, -0.2) is 27.7 Å². The molecule has 0 aliphatic heterocycles. The third-order valence-electron chi connectivity index (χ3n) is 4.82. The minimum absolute atomic E-state index is 0.157. The molecule has 0 amide bonds. The number of carbonyl (C=O) groups is 1. The zero-order chi connectivity index (χ0) is 18.8. The molecule has 1 aliphatic rings. The Hall–Kier alpha value is -2.60. The number of rotatable bonds is 4. The van der Waals surface area contributed by atoms with Gasteiger partial charge in [-0.25, -0.2) is 4.98 Å². The highest BCUT2D eigenvalue weighted by Crippen LogP contribution is 2.33. The Balaban J connectivity index is 1.93. The van der Waals surface area contributed by atoms with Gasteiger partial charge in [-0.05, 0) is 37.1 Å². The summed E-state index contributed by atoms with van der Waals surface area (Å²) >= 11 is 1.39. The minimum atomic E-state index is -0.159. The molecule has 6 heteroatoms. The molecular weight excluding hydrogens is 360 g/mol. The van der Waals surface area contributed by atoms with E-state index in [1.54, 1.807) is 17.7 Å². The summed E-state index contributed by atoms with van der Waals surface area (Å²) < 4.78 is 7.05. The van der Waals surface area contributed by atoms with Gasteiger partial charge in [-0.15, -0.1) is 0 Å². The van der Waals surface area contributed by atoms with E-state index in [-0.39, 0.29) is 16.6 Å². The van der Waals surface area contributed by atoms with Crippen LogP contribution in [0.3, 0.4) is 0 Å². The van der Waals surface area contributed by atoms with Gasteiger partial charge >= 0.3 is 0 Å². The average molecular weight is 380 g/mol. The molecule has 4 rings (SSSR count). The topological polar surface area (TPSA) is 61.2 Å². The maximum absolute atomic E-state index is 13.3. The van der Waals surface area contributed by atoms with Crippen LogP contribution in [0.2, 0.25) is 0 Å². The second-order valence-electron chi connectivity index (χ2n) is 6.54. The first-order valence-corrected chi connectivity index (χ1v) is 9.91. The van der Waals surface area contributed by atoms with Gasteiger partial charge in [0.15, 0.2) is 5.16 Å². The number of fused-ring (bicyclic) bond motifs is 1. The molecule has 0 saturated heterocycles. The van der Waals surface area contributed by atoms with E-state index < -0.39 is 0 Å². The maximum atomic E-state index is 13.3. The Kier molecular flexibility index (Phi) is 4.99. The van der Waals surface area contributed by atoms with Crippen molar-refractivity contribution in [3.8, 4) is 11.4 Å². The van der Waals surface area contributed by atoms with Crippen molar-refractivity contribution in [2.24, 2.45) is 0 Å². The van der Waals surface area contributed by atoms with E-state index in [9.17, 15) is 9.59 Å². The van der Waals surface area contributed by atoms with E-state index in [0.29, 0.717) is 33.9 Å². The number of ether oxygens (including phenoxy) is 1. The van der Waals surface area contributed by atoms with Crippen molar-refractivity contribution in [3.05, 3.63) is 58.9 Å². The Morgan fingerprint density at radius 3 is 2.67 bits per heavy atom. The molecule has 0 radical (unpaired) electrons. The molecule has 0 N–H and O–H groups in total. The van der Waals surface area contributed by atoms with Gasteiger partial charge in [-0.1, -0.05) is 42.4 Å². The molecule has 1 fully saturated rings. The fourth-order valence-corrected chi connectivity index (χ4v) is 4.65. The zero-order valence-electron chi connectivity index (χ0n) is 15.1. The lowest BCUT2D eigenvalue weighted by atomic mass is 9.99. The zero-order valence-corrected chi connectivity index (χ0v) is 15.9. The predicted octanol–water partition coefficient (Wildman–Crippen LogP) is 4.00. The summed E-state index contributed by atoms with van der Waals surface area (Å²) in [5, 5.41) is 0.916. The summed E-state index contributed by atoms with van der Waals surface area (Å²) in [7, 11) is 1.58. The first-order valence-electron chi connectivity index (χ1n) is 9.03. The number of benzene rings is 2. The summed E-state index contributed by atoms with van der Waals surface area (Å²) in [6, 6.07) is 14.7. The largest absolute Gasteiger partial charge is 0.495 e. The molecule has 1 saturated carbocycles. The van der Waals surface area contributed by atoms with Crippen molar-refractivity contribution in [1.82, 2.24) is 9.55 Å². The van der Waals surface area contributed by atoms with Crippen molar-refractivity contribution in [2.45, 2.75) is 36.1 Å². The van der Waals surface area contributed by atoms with Gasteiger partial charge in [-0.3, -0.25) is 14.2 Å². The maximum Gasteiger partial charge on any atom is 0.266 e.